The van der Waals surface area contributed by atoms with Gasteiger partial charge in [-0.3, -0.25) is 0 Å². The topological polar surface area (TPSA) is 63.2 Å². The Bertz CT molecular complexity index is 1100. The fourth-order valence-electron chi connectivity index (χ4n) is 3.28. The highest BCUT2D eigenvalue weighted by molar-refractivity contribution is 7.89. The lowest BCUT2D eigenvalue weighted by atomic mass is 10.1. The first kappa shape index (κ1) is 18.7. The molecule has 0 unspecified atom stereocenters. The Kier molecular flexibility index (Phi) is 4.95. The number of halogens is 1. The third-order valence-electron chi connectivity index (χ3n) is 4.97. The number of aromatic nitrogens is 2. The molecule has 0 fully saturated rings. The van der Waals surface area contributed by atoms with Crippen molar-refractivity contribution in [1.82, 2.24) is 14.3 Å². The second-order valence-electron chi connectivity index (χ2n) is 6.76. The van der Waals surface area contributed by atoms with E-state index >= 15 is 0 Å². The molecule has 1 aromatic heterocycles. The molecule has 0 N–H and O–H groups in total. The van der Waals surface area contributed by atoms with E-state index in [0.29, 0.717) is 23.7 Å². The summed E-state index contributed by atoms with van der Waals surface area (Å²) in [4.78, 5) is 9.22. The van der Waals surface area contributed by atoms with Crippen LogP contribution in [0, 0.1) is 5.82 Å². The summed E-state index contributed by atoms with van der Waals surface area (Å²) in [6.07, 6.45) is 3.05. The minimum atomic E-state index is -3.56. The molecule has 2 heterocycles. The number of benzene rings is 2. The molecule has 0 amide bonds. The predicted octanol–water partition coefficient (Wildman–Crippen LogP) is 3.59. The zero-order valence-corrected chi connectivity index (χ0v) is 16.3. The Morgan fingerprint density at radius 1 is 1.07 bits per heavy atom. The molecule has 0 saturated carbocycles. The van der Waals surface area contributed by atoms with E-state index in [1.807, 2.05) is 19.1 Å². The summed E-state index contributed by atoms with van der Waals surface area (Å²) in [5.74, 6) is 0.208. The van der Waals surface area contributed by atoms with Gasteiger partial charge in [-0.1, -0.05) is 19.1 Å². The summed E-state index contributed by atoms with van der Waals surface area (Å²) in [6.45, 7) is 2.65. The molecule has 144 valence electrons. The molecule has 7 heteroatoms. The third kappa shape index (κ3) is 3.55. The van der Waals surface area contributed by atoms with Crippen molar-refractivity contribution in [3.63, 3.8) is 0 Å². The fraction of sp³-hybridized carbons (Fsp3) is 0.238. The van der Waals surface area contributed by atoms with E-state index in [1.165, 1.54) is 16.4 Å². The van der Waals surface area contributed by atoms with Gasteiger partial charge < -0.3 is 0 Å². The molecule has 1 aliphatic heterocycles. The highest BCUT2D eigenvalue weighted by atomic mass is 32.2. The van der Waals surface area contributed by atoms with Gasteiger partial charge in [-0.05, 0) is 48.4 Å². The van der Waals surface area contributed by atoms with Crippen LogP contribution >= 0.6 is 0 Å². The van der Waals surface area contributed by atoms with Gasteiger partial charge in [0.1, 0.15) is 5.82 Å². The molecule has 4 rings (SSSR count). The average Bonchev–Trinajstić information content (AvgIpc) is 2.73. The van der Waals surface area contributed by atoms with Crippen LogP contribution in [-0.2, 0) is 29.4 Å². The maximum Gasteiger partial charge on any atom is 0.243 e. The highest BCUT2D eigenvalue weighted by Crippen LogP contribution is 2.26. The quantitative estimate of drug-likeness (QED) is 0.675. The largest absolute Gasteiger partial charge is 0.243 e. The Morgan fingerprint density at radius 3 is 2.46 bits per heavy atom. The van der Waals surface area contributed by atoms with Crippen molar-refractivity contribution in [2.45, 2.75) is 31.2 Å². The summed E-state index contributed by atoms with van der Waals surface area (Å²) in [6, 6.07) is 13.0. The number of fused-ring (bicyclic) bond motifs is 1. The van der Waals surface area contributed by atoms with E-state index in [2.05, 4.69) is 9.97 Å². The van der Waals surface area contributed by atoms with Crippen LogP contribution < -0.4 is 0 Å². The van der Waals surface area contributed by atoms with E-state index in [9.17, 15) is 12.8 Å². The first-order valence-electron chi connectivity index (χ1n) is 9.17. The lowest BCUT2D eigenvalue weighted by Gasteiger charge is -2.27. The molecule has 3 aromatic rings. The van der Waals surface area contributed by atoms with Gasteiger partial charge in [0.05, 0.1) is 10.6 Å². The number of hydrogen-bond acceptors (Lipinski definition) is 4. The number of nitrogens with zero attached hydrogens (tertiary/aromatic N) is 3. The van der Waals surface area contributed by atoms with Gasteiger partial charge in [-0.25, -0.2) is 22.8 Å². The van der Waals surface area contributed by atoms with E-state index in [1.54, 1.807) is 30.5 Å². The molecule has 28 heavy (non-hydrogen) atoms. The second-order valence-corrected chi connectivity index (χ2v) is 8.70. The van der Waals surface area contributed by atoms with E-state index in [0.717, 1.165) is 28.8 Å². The second kappa shape index (κ2) is 7.41. The Balaban J connectivity index is 1.58. The number of hydrogen-bond donors (Lipinski definition) is 0. The molecule has 2 aromatic carbocycles. The molecule has 0 spiro atoms. The van der Waals surface area contributed by atoms with Gasteiger partial charge in [-0.2, -0.15) is 4.31 Å². The number of aryl methyl sites for hydroxylation is 1. The summed E-state index contributed by atoms with van der Waals surface area (Å²) in [5, 5.41) is 0. The summed E-state index contributed by atoms with van der Waals surface area (Å²) < 4.78 is 40.5. The molecule has 5 nitrogen and oxygen atoms in total. The van der Waals surface area contributed by atoms with Crippen molar-refractivity contribution in [2.24, 2.45) is 0 Å². The number of sulfonamides is 1. The fourth-order valence-corrected chi connectivity index (χ4v) is 4.70. The van der Waals surface area contributed by atoms with Gasteiger partial charge in [0.15, 0.2) is 5.82 Å². The van der Waals surface area contributed by atoms with Crippen LogP contribution in [0.25, 0.3) is 11.4 Å². The van der Waals surface area contributed by atoms with Crippen LogP contribution in [-0.4, -0.2) is 29.2 Å². The van der Waals surface area contributed by atoms with Gasteiger partial charge in [0.2, 0.25) is 10.0 Å². The van der Waals surface area contributed by atoms with Crippen LogP contribution in [0.1, 0.15) is 23.7 Å². The predicted molar refractivity (Wildman–Crippen MR) is 105 cm³/mol. The third-order valence-corrected chi connectivity index (χ3v) is 6.83. The summed E-state index contributed by atoms with van der Waals surface area (Å²) in [5.41, 5.74) is 3.47. The van der Waals surface area contributed by atoms with E-state index in [-0.39, 0.29) is 12.4 Å². The summed E-state index contributed by atoms with van der Waals surface area (Å²) in [7, 11) is -3.56. The van der Waals surface area contributed by atoms with Crippen LogP contribution in [0.2, 0.25) is 0 Å². The smallest absolute Gasteiger partial charge is 0.236 e. The van der Waals surface area contributed by atoms with Crippen LogP contribution in [0.5, 0.6) is 0 Å². The minimum Gasteiger partial charge on any atom is -0.236 e. The van der Waals surface area contributed by atoms with Crippen molar-refractivity contribution in [1.29, 1.82) is 0 Å². The van der Waals surface area contributed by atoms with Crippen LogP contribution in [0.15, 0.2) is 59.6 Å². The molecule has 0 radical (unpaired) electrons. The van der Waals surface area contributed by atoms with Crippen LogP contribution in [0.3, 0.4) is 0 Å². The zero-order valence-electron chi connectivity index (χ0n) is 15.5. The van der Waals surface area contributed by atoms with Crippen molar-refractivity contribution < 1.29 is 12.8 Å². The molecule has 0 atom stereocenters. The Hall–Kier alpha value is -2.64. The minimum absolute atomic E-state index is 0.247. The van der Waals surface area contributed by atoms with Gasteiger partial charge in [0, 0.05) is 36.8 Å². The van der Waals surface area contributed by atoms with Crippen molar-refractivity contribution in [2.75, 3.05) is 6.54 Å². The SMILES string of the molecule is CCc1ccc(S(=O)(=O)N2CCc3nc(-c4ccc(F)cc4)ncc3C2)cc1. The van der Waals surface area contributed by atoms with Crippen molar-refractivity contribution in [3.8, 4) is 11.4 Å². The molecular formula is C21H20FN3O2S. The maximum absolute atomic E-state index is 13.1. The van der Waals surface area contributed by atoms with Crippen molar-refractivity contribution in [3.05, 3.63) is 77.4 Å². The molecular weight excluding hydrogens is 377 g/mol. The van der Waals surface area contributed by atoms with E-state index in [4.69, 9.17) is 0 Å². The molecule has 0 bridgehead atoms. The first-order chi connectivity index (χ1) is 13.5. The van der Waals surface area contributed by atoms with Gasteiger partial charge >= 0.3 is 0 Å². The first-order valence-corrected chi connectivity index (χ1v) is 10.6. The average molecular weight is 397 g/mol. The lowest BCUT2D eigenvalue weighted by Crippen LogP contribution is -2.36. The Labute approximate surface area is 163 Å². The Morgan fingerprint density at radius 2 is 1.79 bits per heavy atom. The van der Waals surface area contributed by atoms with Crippen LogP contribution in [0.4, 0.5) is 4.39 Å². The molecule has 0 saturated heterocycles. The highest BCUT2D eigenvalue weighted by Gasteiger charge is 2.29. The standard InChI is InChI=1S/C21H20FN3O2S/c1-2-15-3-9-19(10-4-15)28(26,27)25-12-11-20-17(14-25)13-23-21(24-20)16-5-7-18(22)8-6-16/h3-10,13H,2,11-12,14H2,1H3. The zero-order chi connectivity index (χ0) is 19.7. The monoisotopic (exact) mass is 397 g/mol. The van der Waals surface area contributed by atoms with Gasteiger partial charge in [0.25, 0.3) is 0 Å². The summed E-state index contributed by atoms with van der Waals surface area (Å²) >= 11 is 0. The normalized spacial score (nSPS) is 14.6. The molecule has 1 aliphatic rings. The van der Waals surface area contributed by atoms with Gasteiger partial charge in [-0.15, -0.1) is 0 Å². The maximum atomic E-state index is 13.1. The van der Waals surface area contributed by atoms with Crippen molar-refractivity contribution >= 4 is 10.0 Å². The lowest BCUT2D eigenvalue weighted by molar-refractivity contribution is 0.387. The molecule has 0 aliphatic carbocycles. The number of rotatable bonds is 4. The van der Waals surface area contributed by atoms with E-state index < -0.39 is 10.0 Å².